The van der Waals surface area contributed by atoms with Crippen molar-refractivity contribution in [2.75, 3.05) is 18.8 Å². The Balaban J connectivity index is 1.80. The quantitative estimate of drug-likeness (QED) is 0.509. The molecule has 0 spiro atoms. The average Bonchev–Trinajstić information content (AvgIpc) is 3.07. The van der Waals surface area contributed by atoms with Crippen molar-refractivity contribution in [3.8, 4) is 5.75 Å². The minimum Gasteiger partial charge on any atom is -0.497 e. The van der Waals surface area contributed by atoms with Gasteiger partial charge in [0.2, 0.25) is 0 Å². The molecule has 120 valence electrons. The SMILES string of the molecule is COc1ccc(N/N=C(\C)c2cc3c(c(SC)n2)CCC3)cc1. The molecule has 1 aliphatic carbocycles. The van der Waals surface area contributed by atoms with Crippen molar-refractivity contribution in [3.05, 3.63) is 47.2 Å². The highest BCUT2D eigenvalue weighted by Crippen LogP contribution is 2.30. The first kappa shape index (κ1) is 15.9. The highest BCUT2D eigenvalue weighted by atomic mass is 32.2. The lowest BCUT2D eigenvalue weighted by molar-refractivity contribution is 0.415. The van der Waals surface area contributed by atoms with Gasteiger partial charge >= 0.3 is 0 Å². The molecular formula is C18H21N3OS. The number of nitrogens with zero attached hydrogens (tertiary/aromatic N) is 2. The molecule has 4 nitrogen and oxygen atoms in total. The lowest BCUT2D eigenvalue weighted by Crippen LogP contribution is -2.05. The van der Waals surface area contributed by atoms with Crippen LogP contribution in [0.5, 0.6) is 5.75 Å². The van der Waals surface area contributed by atoms with E-state index in [9.17, 15) is 0 Å². The zero-order valence-corrected chi connectivity index (χ0v) is 14.5. The summed E-state index contributed by atoms with van der Waals surface area (Å²) in [5, 5.41) is 5.62. The molecule has 0 fully saturated rings. The van der Waals surface area contributed by atoms with Crippen LogP contribution >= 0.6 is 11.8 Å². The number of nitrogens with one attached hydrogen (secondary N) is 1. The van der Waals surface area contributed by atoms with Crippen molar-refractivity contribution in [1.82, 2.24) is 4.98 Å². The van der Waals surface area contributed by atoms with E-state index in [1.807, 2.05) is 31.2 Å². The van der Waals surface area contributed by atoms with Crippen LogP contribution in [0.15, 0.2) is 40.5 Å². The number of aryl methyl sites for hydroxylation is 1. The second-order valence-electron chi connectivity index (χ2n) is 5.55. The fourth-order valence-corrected chi connectivity index (χ4v) is 3.44. The number of pyridine rings is 1. The standard InChI is InChI=1S/C18H21N3OS/c1-12(20-21-14-7-9-15(22-2)10-8-14)17-11-13-5-4-6-16(13)18(19-17)23-3/h7-11,21H,4-6H2,1-3H3/b20-12+. The molecule has 0 bridgehead atoms. The Kier molecular flexibility index (Phi) is 4.86. The summed E-state index contributed by atoms with van der Waals surface area (Å²) in [5.74, 6) is 0.834. The molecule has 2 aromatic rings. The van der Waals surface area contributed by atoms with Crippen molar-refractivity contribution in [2.24, 2.45) is 5.10 Å². The van der Waals surface area contributed by atoms with Crippen LogP contribution < -0.4 is 10.2 Å². The number of aromatic nitrogens is 1. The number of fused-ring (bicyclic) bond motifs is 1. The van der Waals surface area contributed by atoms with Gasteiger partial charge in [0.1, 0.15) is 5.75 Å². The molecule has 0 amide bonds. The number of rotatable bonds is 5. The molecule has 0 atom stereocenters. The molecule has 1 aromatic carbocycles. The van der Waals surface area contributed by atoms with Gasteiger partial charge in [-0.1, -0.05) is 0 Å². The topological polar surface area (TPSA) is 46.5 Å². The van der Waals surface area contributed by atoms with Crippen LogP contribution in [0.3, 0.4) is 0 Å². The summed E-state index contributed by atoms with van der Waals surface area (Å²) in [5.41, 5.74) is 8.72. The third-order valence-corrected chi connectivity index (χ3v) is 4.78. The smallest absolute Gasteiger partial charge is 0.119 e. The fourth-order valence-electron chi connectivity index (χ4n) is 2.77. The zero-order chi connectivity index (χ0) is 16.2. The van der Waals surface area contributed by atoms with Crippen molar-refractivity contribution in [1.29, 1.82) is 0 Å². The Morgan fingerprint density at radius 3 is 2.74 bits per heavy atom. The lowest BCUT2D eigenvalue weighted by atomic mass is 10.1. The Bertz CT molecular complexity index is 726. The highest BCUT2D eigenvalue weighted by Gasteiger charge is 2.18. The average molecular weight is 327 g/mol. The molecule has 0 unspecified atom stereocenters. The minimum absolute atomic E-state index is 0.834. The molecule has 1 N–H and O–H groups in total. The molecule has 1 aliphatic rings. The van der Waals surface area contributed by atoms with Crippen molar-refractivity contribution in [3.63, 3.8) is 0 Å². The van der Waals surface area contributed by atoms with Crippen LogP contribution in [-0.4, -0.2) is 24.1 Å². The summed E-state index contributed by atoms with van der Waals surface area (Å²) >= 11 is 1.72. The molecule has 1 aromatic heterocycles. The molecule has 5 heteroatoms. The summed E-state index contributed by atoms with van der Waals surface area (Å²) in [6.07, 6.45) is 5.62. The summed E-state index contributed by atoms with van der Waals surface area (Å²) in [6.45, 7) is 1.99. The van der Waals surface area contributed by atoms with Crippen molar-refractivity contribution < 1.29 is 4.74 Å². The summed E-state index contributed by atoms with van der Waals surface area (Å²) < 4.78 is 5.16. The van der Waals surface area contributed by atoms with E-state index in [4.69, 9.17) is 9.72 Å². The van der Waals surface area contributed by atoms with Crippen LogP contribution in [-0.2, 0) is 12.8 Å². The molecule has 0 aliphatic heterocycles. The normalized spacial score (nSPS) is 13.8. The maximum atomic E-state index is 5.16. The highest BCUT2D eigenvalue weighted by molar-refractivity contribution is 7.98. The van der Waals surface area contributed by atoms with Crippen LogP contribution in [0.4, 0.5) is 5.69 Å². The number of thioether (sulfide) groups is 1. The zero-order valence-electron chi connectivity index (χ0n) is 13.7. The Hall–Kier alpha value is -2.01. The number of hydrogen-bond donors (Lipinski definition) is 1. The Morgan fingerprint density at radius 2 is 2.04 bits per heavy atom. The van der Waals surface area contributed by atoms with E-state index >= 15 is 0 Å². The maximum Gasteiger partial charge on any atom is 0.119 e. The predicted octanol–water partition coefficient (Wildman–Crippen LogP) is 4.14. The van der Waals surface area contributed by atoms with Crippen molar-refractivity contribution in [2.45, 2.75) is 31.2 Å². The van der Waals surface area contributed by atoms with E-state index in [0.717, 1.165) is 40.7 Å². The van der Waals surface area contributed by atoms with E-state index < -0.39 is 0 Å². The number of benzene rings is 1. The molecule has 0 radical (unpaired) electrons. The fraction of sp³-hybridized carbons (Fsp3) is 0.333. The molecular weight excluding hydrogens is 306 g/mol. The van der Waals surface area contributed by atoms with Crippen LogP contribution in [0.1, 0.15) is 30.2 Å². The predicted molar refractivity (Wildman–Crippen MR) is 96.9 cm³/mol. The van der Waals surface area contributed by atoms with Gasteiger partial charge in [-0.15, -0.1) is 11.8 Å². The number of ether oxygens (including phenoxy) is 1. The van der Waals surface area contributed by atoms with Crippen LogP contribution in [0.25, 0.3) is 0 Å². The van der Waals surface area contributed by atoms with Gasteiger partial charge in [-0.25, -0.2) is 4.98 Å². The second kappa shape index (κ2) is 7.04. The lowest BCUT2D eigenvalue weighted by Gasteiger charge is -2.09. The summed E-state index contributed by atoms with van der Waals surface area (Å²) in [7, 11) is 1.66. The van der Waals surface area contributed by atoms with E-state index in [1.165, 1.54) is 17.5 Å². The first-order valence-electron chi connectivity index (χ1n) is 7.72. The van der Waals surface area contributed by atoms with Gasteiger partial charge < -0.3 is 4.74 Å². The van der Waals surface area contributed by atoms with Crippen molar-refractivity contribution >= 4 is 23.2 Å². The Labute approximate surface area is 141 Å². The van der Waals surface area contributed by atoms with E-state index in [0.29, 0.717) is 0 Å². The molecule has 1 heterocycles. The van der Waals surface area contributed by atoms with Gasteiger partial charge in [0.15, 0.2) is 0 Å². The first-order valence-corrected chi connectivity index (χ1v) is 8.95. The minimum atomic E-state index is 0.834. The largest absolute Gasteiger partial charge is 0.497 e. The summed E-state index contributed by atoms with van der Waals surface area (Å²) in [6, 6.07) is 9.90. The van der Waals surface area contributed by atoms with Gasteiger partial charge in [-0.05, 0) is 73.9 Å². The second-order valence-corrected chi connectivity index (χ2v) is 6.34. The van der Waals surface area contributed by atoms with Gasteiger partial charge in [-0.2, -0.15) is 5.10 Å². The number of hydrazone groups is 1. The van der Waals surface area contributed by atoms with E-state index in [-0.39, 0.29) is 0 Å². The molecule has 23 heavy (non-hydrogen) atoms. The summed E-state index contributed by atoms with van der Waals surface area (Å²) in [4.78, 5) is 4.77. The molecule has 0 saturated carbocycles. The van der Waals surface area contributed by atoms with Gasteiger partial charge in [0, 0.05) is 0 Å². The van der Waals surface area contributed by atoms with Gasteiger partial charge in [0.05, 0.1) is 29.2 Å². The monoisotopic (exact) mass is 327 g/mol. The number of anilines is 1. The van der Waals surface area contributed by atoms with Gasteiger partial charge in [0.25, 0.3) is 0 Å². The number of hydrogen-bond acceptors (Lipinski definition) is 5. The third-order valence-electron chi connectivity index (χ3n) is 4.06. The molecule has 3 rings (SSSR count). The van der Waals surface area contributed by atoms with Gasteiger partial charge in [-0.3, -0.25) is 5.43 Å². The van der Waals surface area contributed by atoms with Crippen LogP contribution in [0, 0.1) is 0 Å². The van der Waals surface area contributed by atoms with E-state index in [2.05, 4.69) is 22.8 Å². The van der Waals surface area contributed by atoms with E-state index in [1.54, 1.807) is 18.9 Å². The first-order chi connectivity index (χ1) is 11.2. The maximum absolute atomic E-state index is 5.16. The van der Waals surface area contributed by atoms with Crippen LogP contribution in [0.2, 0.25) is 0 Å². The Morgan fingerprint density at radius 1 is 1.26 bits per heavy atom. The molecule has 0 saturated heterocycles. The number of methoxy groups -OCH3 is 1. The third kappa shape index (κ3) is 3.50.